The molecule has 0 aliphatic rings. The summed E-state index contributed by atoms with van der Waals surface area (Å²) in [5.74, 6) is 0.220. The zero-order valence-electron chi connectivity index (χ0n) is 9.75. The number of nitrogens with zero attached hydrogens (tertiary/aromatic N) is 1. The number of ketones is 1. The lowest BCUT2D eigenvalue weighted by Crippen LogP contribution is -2.30. The van der Waals surface area contributed by atoms with Crippen molar-refractivity contribution in [1.82, 2.24) is 4.90 Å². The van der Waals surface area contributed by atoms with Crippen LogP contribution in [0, 0.1) is 0 Å². The van der Waals surface area contributed by atoms with Crippen LogP contribution in [0.15, 0.2) is 0 Å². The smallest absolute Gasteiger partial charge is 0.149 e. The summed E-state index contributed by atoms with van der Waals surface area (Å²) >= 11 is 0. The molecule has 0 amide bonds. The molecular weight excluding hydrogens is 176 g/mol. The second-order valence-electron chi connectivity index (χ2n) is 4.12. The number of unbranched alkanes of at least 4 members (excludes halogenated alkanes) is 1. The van der Waals surface area contributed by atoms with Crippen LogP contribution in [0.4, 0.5) is 0 Å². The topological polar surface area (TPSA) is 46.3 Å². The number of carbonyl (C=O) groups is 1. The number of Topliss-reactive ketones (excluding diaryl/α,β-unsaturated/α-hetero) is 1. The predicted molar refractivity (Wildman–Crippen MR) is 60.3 cm³/mol. The first-order chi connectivity index (χ1) is 6.57. The van der Waals surface area contributed by atoms with Gasteiger partial charge in [-0.05, 0) is 39.9 Å². The van der Waals surface area contributed by atoms with Crippen LogP contribution in [0.2, 0.25) is 0 Å². The molecular formula is C11H24N2O. The van der Waals surface area contributed by atoms with Gasteiger partial charge in [-0.2, -0.15) is 0 Å². The van der Waals surface area contributed by atoms with E-state index in [1.54, 1.807) is 0 Å². The zero-order chi connectivity index (χ0) is 11.0. The molecule has 0 saturated heterocycles. The van der Waals surface area contributed by atoms with Crippen molar-refractivity contribution in [3.8, 4) is 0 Å². The lowest BCUT2D eigenvalue weighted by molar-refractivity contribution is -0.120. The van der Waals surface area contributed by atoms with Crippen LogP contribution < -0.4 is 5.73 Å². The summed E-state index contributed by atoms with van der Waals surface area (Å²) in [4.78, 5) is 13.5. The molecule has 0 spiro atoms. The Morgan fingerprint density at radius 2 is 2.00 bits per heavy atom. The highest BCUT2D eigenvalue weighted by molar-refractivity contribution is 5.83. The van der Waals surface area contributed by atoms with E-state index in [1.165, 1.54) is 0 Å². The fourth-order valence-corrected chi connectivity index (χ4v) is 1.39. The highest BCUT2D eigenvalue weighted by Crippen LogP contribution is 2.03. The molecule has 0 bridgehead atoms. The quantitative estimate of drug-likeness (QED) is 0.603. The fourth-order valence-electron chi connectivity index (χ4n) is 1.39. The highest BCUT2D eigenvalue weighted by Gasteiger charge is 2.11. The van der Waals surface area contributed by atoms with Crippen LogP contribution in [0.1, 0.15) is 39.0 Å². The van der Waals surface area contributed by atoms with Crippen molar-refractivity contribution in [3.05, 3.63) is 0 Å². The summed E-state index contributed by atoms with van der Waals surface area (Å²) in [6.07, 6.45) is 4.56. The van der Waals surface area contributed by atoms with Gasteiger partial charge in [0.1, 0.15) is 5.78 Å². The van der Waals surface area contributed by atoms with E-state index < -0.39 is 0 Å². The maximum atomic E-state index is 11.3. The lowest BCUT2D eigenvalue weighted by atomic mass is 10.0. The van der Waals surface area contributed by atoms with Gasteiger partial charge < -0.3 is 10.6 Å². The summed E-state index contributed by atoms with van der Waals surface area (Å²) in [5.41, 5.74) is 5.76. The normalized spacial score (nSPS) is 13.2. The third-order valence-electron chi connectivity index (χ3n) is 2.28. The number of carbonyl (C=O) groups excluding carboxylic acids is 1. The number of nitrogens with two attached hydrogens (primary N) is 1. The summed E-state index contributed by atoms with van der Waals surface area (Å²) in [6, 6.07) is -0.225. The van der Waals surface area contributed by atoms with E-state index in [2.05, 4.69) is 19.0 Å². The summed E-state index contributed by atoms with van der Waals surface area (Å²) in [5, 5.41) is 0. The van der Waals surface area contributed by atoms with Gasteiger partial charge in [0, 0.05) is 6.42 Å². The van der Waals surface area contributed by atoms with Gasteiger partial charge in [0.2, 0.25) is 0 Å². The summed E-state index contributed by atoms with van der Waals surface area (Å²) in [6.45, 7) is 3.09. The predicted octanol–water partition coefficient (Wildman–Crippen LogP) is 1.41. The number of hydrogen-bond donors (Lipinski definition) is 1. The summed E-state index contributed by atoms with van der Waals surface area (Å²) in [7, 11) is 4.12. The molecule has 0 aliphatic carbocycles. The Labute approximate surface area is 87.6 Å². The van der Waals surface area contributed by atoms with E-state index in [4.69, 9.17) is 5.73 Å². The summed E-state index contributed by atoms with van der Waals surface area (Å²) < 4.78 is 0. The van der Waals surface area contributed by atoms with Crippen molar-refractivity contribution in [2.45, 2.75) is 45.1 Å². The minimum absolute atomic E-state index is 0.220. The second-order valence-corrected chi connectivity index (χ2v) is 4.12. The highest BCUT2D eigenvalue weighted by atomic mass is 16.1. The van der Waals surface area contributed by atoms with E-state index in [9.17, 15) is 4.79 Å². The molecule has 0 aromatic rings. The fraction of sp³-hybridized carbons (Fsp3) is 0.909. The van der Waals surface area contributed by atoms with Crippen LogP contribution in [-0.2, 0) is 4.79 Å². The van der Waals surface area contributed by atoms with Crippen LogP contribution in [0.25, 0.3) is 0 Å². The molecule has 0 saturated carbocycles. The molecule has 2 N–H and O–H groups in total. The molecule has 0 aromatic heterocycles. The van der Waals surface area contributed by atoms with Crippen LogP contribution in [0.5, 0.6) is 0 Å². The number of rotatable bonds is 8. The molecule has 0 radical (unpaired) electrons. The van der Waals surface area contributed by atoms with Gasteiger partial charge in [0.25, 0.3) is 0 Å². The third-order valence-corrected chi connectivity index (χ3v) is 2.28. The first-order valence-electron chi connectivity index (χ1n) is 5.51. The molecule has 0 aromatic carbocycles. The van der Waals surface area contributed by atoms with Gasteiger partial charge in [-0.3, -0.25) is 4.79 Å². The zero-order valence-corrected chi connectivity index (χ0v) is 9.75. The number of hydrogen-bond acceptors (Lipinski definition) is 3. The molecule has 3 nitrogen and oxygen atoms in total. The van der Waals surface area contributed by atoms with Gasteiger partial charge in [0.05, 0.1) is 6.04 Å². The first-order valence-corrected chi connectivity index (χ1v) is 5.51. The monoisotopic (exact) mass is 200 g/mol. The molecule has 3 heteroatoms. The minimum Gasteiger partial charge on any atom is -0.322 e. The van der Waals surface area contributed by atoms with Gasteiger partial charge in [-0.25, -0.2) is 0 Å². The average molecular weight is 200 g/mol. The Bertz CT molecular complexity index is 157. The standard InChI is InChI=1S/C11H24N2O/c1-4-7-11(14)10(12)8-5-6-9-13(2)3/h10H,4-9,12H2,1-3H3/t10-/m0/s1. The first kappa shape index (κ1) is 13.6. The maximum Gasteiger partial charge on any atom is 0.149 e. The Balaban J connectivity index is 3.43. The van der Waals surface area contributed by atoms with E-state index in [-0.39, 0.29) is 11.8 Å². The van der Waals surface area contributed by atoms with Crippen molar-refractivity contribution >= 4 is 5.78 Å². The van der Waals surface area contributed by atoms with Crippen molar-refractivity contribution < 1.29 is 4.79 Å². The van der Waals surface area contributed by atoms with E-state index in [1.807, 2.05) is 6.92 Å². The largest absolute Gasteiger partial charge is 0.322 e. The van der Waals surface area contributed by atoms with Gasteiger partial charge in [-0.15, -0.1) is 0 Å². The molecule has 0 fully saturated rings. The van der Waals surface area contributed by atoms with E-state index >= 15 is 0 Å². The Morgan fingerprint density at radius 3 is 2.50 bits per heavy atom. The molecule has 1 atom stereocenters. The Hall–Kier alpha value is -0.410. The second kappa shape index (κ2) is 7.94. The van der Waals surface area contributed by atoms with Gasteiger partial charge in [0.15, 0.2) is 0 Å². The minimum atomic E-state index is -0.225. The van der Waals surface area contributed by atoms with Crippen molar-refractivity contribution in [2.24, 2.45) is 5.73 Å². The average Bonchev–Trinajstić information content (AvgIpc) is 2.12. The van der Waals surface area contributed by atoms with Crippen molar-refractivity contribution in [1.29, 1.82) is 0 Å². The molecule has 84 valence electrons. The van der Waals surface area contributed by atoms with Crippen LogP contribution in [-0.4, -0.2) is 37.4 Å². The van der Waals surface area contributed by atoms with E-state index in [0.29, 0.717) is 6.42 Å². The Morgan fingerprint density at radius 1 is 1.36 bits per heavy atom. The third kappa shape index (κ3) is 7.04. The molecule has 0 heterocycles. The molecule has 14 heavy (non-hydrogen) atoms. The maximum absolute atomic E-state index is 11.3. The van der Waals surface area contributed by atoms with Gasteiger partial charge >= 0.3 is 0 Å². The van der Waals surface area contributed by atoms with Crippen LogP contribution in [0.3, 0.4) is 0 Å². The van der Waals surface area contributed by atoms with Crippen molar-refractivity contribution in [3.63, 3.8) is 0 Å². The molecule has 0 rings (SSSR count). The molecule has 0 aliphatic heterocycles. The van der Waals surface area contributed by atoms with Crippen molar-refractivity contribution in [2.75, 3.05) is 20.6 Å². The molecule has 0 unspecified atom stereocenters. The van der Waals surface area contributed by atoms with Gasteiger partial charge in [-0.1, -0.05) is 13.3 Å². The van der Waals surface area contributed by atoms with E-state index in [0.717, 1.165) is 32.2 Å². The lowest BCUT2D eigenvalue weighted by Gasteiger charge is -2.11. The SMILES string of the molecule is CCCC(=O)[C@@H](N)CCCCN(C)C. The van der Waals surface area contributed by atoms with Crippen LogP contribution >= 0.6 is 0 Å². The Kier molecular flexibility index (Phi) is 7.71.